The van der Waals surface area contributed by atoms with Gasteiger partial charge in [0.15, 0.2) is 0 Å². The van der Waals surface area contributed by atoms with E-state index < -0.39 is 25.4 Å². The average Bonchev–Trinajstić information content (AvgIpc) is 1.95. The predicted molar refractivity (Wildman–Crippen MR) is 26.6 cm³/mol. The van der Waals surface area contributed by atoms with Crippen molar-refractivity contribution in [3.63, 3.8) is 0 Å². The summed E-state index contributed by atoms with van der Waals surface area (Å²) in [5.41, 5.74) is -1.90. The van der Waals surface area contributed by atoms with Gasteiger partial charge in [0, 0.05) is 0 Å². The van der Waals surface area contributed by atoms with E-state index >= 15 is 0 Å². The van der Waals surface area contributed by atoms with Crippen molar-refractivity contribution < 1.29 is 18.3 Å². The molecule has 0 spiro atoms. The summed E-state index contributed by atoms with van der Waals surface area (Å²) in [5.74, 6) is 0. The second kappa shape index (κ2) is 3.71. The minimum atomic E-state index is -1.90. The predicted octanol–water partition coefficient (Wildman–Crippen LogP) is 1.42. The third-order valence-corrected chi connectivity index (χ3v) is 1.07. The summed E-state index contributed by atoms with van der Waals surface area (Å²) < 4.78 is 34.9. The highest BCUT2D eigenvalue weighted by atomic mass is 19.1. The summed E-state index contributed by atoms with van der Waals surface area (Å²) in [6, 6.07) is 0. The van der Waals surface area contributed by atoms with E-state index in [0.717, 1.165) is 0 Å². The highest BCUT2D eigenvalue weighted by Gasteiger charge is 2.30. The Morgan fingerprint density at radius 1 is 1.11 bits per heavy atom. The lowest BCUT2D eigenvalue weighted by Crippen LogP contribution is -2.29. The van der Waals surface area contributed by atoms with Gasteiger partial charge >= 0.3 is 0 Å². The van der Waals surface area contributed by atoms with Gasteiger partial charge in [-0.25, -0.2) is 0 Å². The van der Waals surface area contributed by atoms with E-state index in [0.29, 0.717) is 0 Å². The highest BCUT2D eigenvalue weighted by molar-refractivity contribution is 4.84. The number of hydrogen-bond acceptors (Lipinski definition) is 1. The van der Waals surface area contributed by atoms with Crippen molar-refractivity contribution in [2.45, 2.75) is 0 Å². The maximum Gasteiger partial charge on any atom is 0.103 e. The maximum absolute atomic E-state index is 11.6. The van der Waals surface area contributed by atoms with E-state index in [2.05, 4.69) is 0 Å². The Labute approximate surface area is 51.5 Å². The molecule has 0 aromatic rings. The Hall–Kier alpha value is -0.250. The summed E-state index contributed by atoms with van der Waals surface area (Å²) in [4.78, 5) is 0. The van der Waals surface area contributed by atoms with Crippen LogP contribution in [0.2, 0.25) is 0 Å². The molecule has 0 aromatic heterocycles. The molecule has 0 saturated carbocycles. The highest BCUT2D eigenvalue weighted by Crippen LogP contribution is 2.21. The summed E-state index contributed by atoms with van der Waals surface area (Å²) >= 11 is 0. The normalized spacial score (nSPS) is 12.0. The first-order valence-corrected chi connectivity index (χ1v) is 2.41. The zero-order valence-corrected chi connectivity index (χ0v) is 4.78. The first kappa shape index (κ1) is 8.75. The van der Waals surface area contributed by atoms with Gasteiger partial charge in [0.2, 0.25) is 0 Å². The third-order valence-electron chi connectivity index (χ3n) is 1.07. The maximum atomic E-state index is 11.6. The molecule has 0 fully saturated rings. The van der Waals surface area contributed by atoms with Gasteiger partial charge in [-0.15, -0.1) is 0 Å². The molecule has 0 rings (SSSR count). The molecule has 0 saturated heterocycles. The minimum Gasteiger partial charge on any atom is -0.390 e. The molecule has 0 aliphatic rings. The van der Waals surface area contributed by atoms with Gasteiger partial charge in [-0.05, 0) is 0 Å². The van der Waals surface area contributed by atoms with Crippen molar-refractivity contribution in [1.82, 2.24) is 0 Å². The molecule has 0 heterocycles. The molecule has 1 radical (unpaired) electrons. The van der Waals surface area contributed by atoms with Crippen LogP contribution in [0.5, 0.6) is 0 Å². The number of alkyl halides is 3. The Bertz CT molecular complexity index is 55.1. The molecule has 0 unspecified atom stereocenters. The van der Waals surface area contributed by atoms with Crippen LogP contribution in [-0.4, -0.2) is 25.1 Å². The molecule has 0 atom stereocenters. The first-order valence-electron chi connectivity index (χ1n) is 2.41. The van der Waals surface area contributed by atoms with Gasteiger partial charge in [-0.1, -0.05) is 0 Å². The summed E-state index contributed by atoms with van der Waals surface area (Å²) in [7, 11) is 0. The Morgan fingerprint density at radius 3 is 1.44 bits per heavy atom. The SMILES string of the molecule is O[CH]C(CF)(CF)CF. The fourth-order valence-corrected chi connectivity index (χ4v) is 0.211. The number of rotatable bonds is 4. The van der Waals surface area contributed by atoms with Gasteiger partial charge in [0.05, 0.1) is 12.0 Å². The third kappa shape index (κ3) is 1.86. The van der Waals surface area contributed by atoms with E-state index in [4.69, 9.17) is 5.11 Å². The molecular formula is C5H8F3O. The molecule has 1 N–H and O–H groups in total. The zero-order valence-electron chi connectivity index (χ0n) is 4.78. The van der Waals surface area contributed by atoms with Gasteiger partial charge in [-0.3, -0.25) is 13.2 Å². The second-order valence-electron chi connectivity index (χ2n) is 1.89. The lowest BCUT2D eigenvalue weighted by Gasteiger charge is -2.19. The van der Waals surface area contributed by atoms with Gasteiger partial charge in [-0.2, -0.15) is 0 Å². The quantitative estimate of drug-likeness (QED) is 0.627. The van der Waals surface area contributed by atoms with Crippen LogP contribution in [0.1, 0.15) is 0 Å². The Kier molecular flexibility index (Phi) is 3.61. The fourth-order valence-electron chi connectivity index (χ4n) is 0.211. The molecule has 4 heteroatoms. The van der Waals surface area contributed by atoms with E-state index in [-0.39, 0.29) is 6.61 Å². The summed E-state index contributed by atoms with van der Waals surface area (Å²) in [6.07, 6.45) is 0. The van der Waals surface area contributed by atoms with E-state index in [1.54, 1.807) is 0 Å². The van der Waals surface area contributed by atoms with Crippen LogP contribution >= 0.6 is 0 Å². The lowest BCUT2D eigenvalue weighted by molar-refractivity contribution is 0.0911. The largest absolute Gasteiger partial charge is 0.390 e. The molecular weight excluding hydrogens is 133 g/mol. The number of halogens is 3. The lowest BCUT2D eigenvalue weighted by atomic mass is 9.95. The van der Waals surface area contributed by atoms with Crippen LogP contribution in [-0.2, 0) is 0 Å². The van der Waals surface area contributed by atoms with Gasteiger partial charge in [0.25, 0.3) is 0 Å². The van der Waals surface area contributed by atoms with Crippen molar-refractivity contribution in [2.75, 3.05) is 20.0 Å². The Balaban J connectivity index is 3.82. The topological polar surface area (TPSA) is 20.2 Å². The van der Waals surface area contributed by atoms with Gasteiger partial charge in [0.1, 0.15) is 20.0 Å². The van der Waals surface area contributed by atoms with Crippen molar-refractivity contribution in [1.29, 1.82) is 0 Å². The standard InChI is InChI=1S/C5H8F3O/c6-1-5(2-7,3-8)4-9/h4,9H,1-3H2. The van der Waals surface area contributed by atoms with Crippen LogP contribution < -0.4 is 0 Å². The molecule has 1 nitrogen and oxygen atoms in total. The van der Waals surface area contributed by atoms with Crippen molar-refractivity contribution in [2.24, 2.45) is 5.41 Å². The van der Waals surface area contributed by atoms with Crippen LogP contribution in [0, 0.1) is 12.0 Å². The van der Waals surface area contributed by atoms with Crippen LogP contribution in [0.3, 0.4) is 0 Å². The molecule has 9 heavy (non-hydrogen) atoms. The number of aliphatic hydroxyl groups is 1. The molecule has 0 aliphatic carbocycles. The fraction of sp³-hybridized carbons (Fsp3) is 0.800. The number of aliphatic hydroxyl groups excluding tert-OH is 1. The smallest absolute Gasteiger partial charge is 0.103 e. The van der Waals surface area contributed by atoms with E-state index in [1.807, 2.05) is 0 Å². The molecule has 55 valence electrons. The molecule has 0 aliphatic heterocycles. The monoisotopic (exact) mass is 141 g/mol. The van der Waals surface area contributed by atoms with E-state index in [9.17, 15) is 13.2 Å². The zero-order chi connectivity index (χ0) is 7.33. The van der Waals surface area contributed by atoms with Gasteiger partial charge < -0.3 is 5.11 Å². The molecule has 0 amide bonds. The van der Waals surface area contributed by atoms with E-state index in [1.165, 1.54) is 0 Å². The number of hydrogen-bond donors (Lipinski definition) is 1. The second-order valence-corrected chi connectivity index (χ2v) is 1.89. The summed E-state index contributed by atoms with van der Waals surface area (Å²) in [6.45, 7) is -3.41. The average molecular weight is 141 g/mol. The van der Waals surface area contributed by atoms with Crippen molar-refractivity contribution in [3.8, 4) is 0 Å². The first-order chi connectivity index (χ1) is 4.24. The Morgan fingerprint density at radius 2 is 1.44 bits per heavy atom. The van der Waals surface area contributed by atoms with Crippen LogP contribution in [0.15, 0.2) is 0 Å². The van der Waals surface area contributed by atoms with Crippen molar-refractivity contribution in [3.05, 3.63) is 6.61 Å². The molecule has 0 aromatic carbocycles. The summed E-state index contributed by atoms with van der Waals surface area (Å²) in [5, 5.41) is 8.13. The van der Waals surface area contributed by atoms with Crippen LogP contribution in [0.25, 0.3) is 0 Å². The van der Waals surface area contributed by atoms with Crippen molar-refractivity contribution >= 4 is 0 Å². The molecule has 0 bridgehead atoms. The van der Waals surface area contributed by atoms with Crippen LogP contribution in [0.4, 0.5) is 13.2 Å². The minimum absolute atomic E-state index is 0.229.